The number of nitrogens with zero attached hydrogens (tertiary/aromatic N) is 2. The van der Waals surface area contributed by atoms with Crippen molar-refractivity contribution in [3.05, 3.63) is 48.3 Å². The number of anilines is 1. The molecule has 0 radical (unpaired) electrons. The van der Waals surface area contributed by atoms with Gasteiger partial charge >= 0.3 is 0 Å². The van der Waals surface area contributed by atoms with Crippen LogP contribution >= 0.6 is 11.8 Å². The van der Waals surface area contributed by atoms with Crippen LogP contribution in [-0.4, -0.2) is 40.5 Å². The molecule has 1 saturated heterocycles. The molecule has 0 aromatic heterocycles. The monoisotopic (exact) mass is 415 g/mol. The number of nitrogens with one attached hydrogen (secondary N) is 1. The molecular formula is C20H18FN3O4S. The number of fused-ring (bicyclic) bond motifs is 1. The van der Waals surface area contributed by atoms with Crippen molar-refractivity contribution in [1.82, 2.24) is 4.90 Å². The summed E-state index contributed by atoms with van der Waals surface area (Å²) in [6.45, 7) is 2.46. The third-order valence-corrected chi connectivity index (χ3v) is 5.63. The predicted octanol–water partition coefficient (Wildman–Crippen LogP) is 3.53. The smallest absolute Gasteiger partial charge is 0.238 e. The minimum atomic E-state index is -0.636. The van der Waals surface area contributed by atoms with Crippen molar-refractivity contribution in [3.63, 3.8) is 0 Å². The summed E-state index contributed by atoms with van der Waals surface area (Å²) in [5.74, 6) is 0.342. The first-order valence-electron chi connectivity index (χ1n) is 9.05. The fraction of sp³-hybridized carbons (Fsp3) is 0.250. The van der Waals surface area contributed by atoms with Crippen molar-refractivity contribution in [3.8, 4) is 11.5 Å². The van der Waals surface area contributed by atoms with Gasteiger partial charge in [-0.3, -0.25) is 14.5 Å². The largest absolute Gasteiger partial charge is 0.454 e. The molecule has 2 aromatic carbocycles. The van der Waals surface area contributed by atoms with Crippen LogP contribution in [-0.2, 0) is 9.59 Å². The highest BCUT2D eigenvalue weighted by atomic mass is 32.2. The van der Waals surface area contributed by atoms with Gasteiger partial charge in [0.25, 0.3) is 0 Å². The molecule has 0 spiro atoms. The van der Waals surface area contributed by atoms with Crippen LogP contribution in [0.4, 0.5) is 15.8 Å². The number of thioether (sulfide) groups is 1. The van der Waals surface area contributed by atoms with E-state index < -0.39 is 5.25 Å². The number of carbonyl (C=O) groups is 2. The first-order chi connectivity index (χ1) is 14.0. The van der Waals surface area contributed by atoms with Crippen molar-refractivity contribution in [1.29, 1.82) is 0 Å². The van der Waals surface area contributed by atoms with Crippen LogP contribution in [0.25, 0.3) is 0 Å². The molecule has 2 aliphatic rings. The third-order valence-electron chi connectivity index (χ3n) is 4.44. The Morgan fingerprint density at radius 1 is 1.24 bits per heavy atom. The maximum atomic E-state index is 13.1. The lowest BCUT2D eigenvalue weighted by Gasteiger charge is -2.30. The molecule has 1 atom stereocenters. The van der Waals surface area contributed by atoms with Crippen LogP contribution in [0.2, 0.25) is 0 Å². The van der Waals surface area contributed by atoms with Gasteiger partial charge in [-0.25, -0.2) is 9.38 Å². The molecule has 2 aromatic rings. The molecule has 150 valence electrons. The van der Waals surface area contributed by atoms with Crippen molar-refractivity contribution in [2.24, 2.45) is 4.99 Å². The number of ether oxygens (including phenoxy) is 2. The first kappa shape index (κ1) is 19.3. The van der Waals surface area contributed by atoms with Crippen molar-refractivity contribution in [2.75, 3.05) is 18.7 Å². The van der Waals surface area contributed by atoms with Crippen LogP contribution in [0.15, 0.2) is 47.5 Å². The van der Waals surface area contributed by atoms with E-state index in [0.717, 1.165) is 0 Å². The topological polar surface area (TPSA) is 80.2 Å². The van der Waals surface area contributed by atoms with Gasteiger partial charge in [0.05, 0.1) is 5.69 Å². The molecule has 0 saturated carbocycles. The van der Waals surface area contributed by atoms with Crippen LogP contribution in [0.1, 0.15) is 13.3 Å². The van der Waals surface area contributed by atoms with E-state index in [1.165, 1.54) is 36.0 Å². The van der Waals surface area contributed by atoms with E-state index in [-0.39, 0.29) is 30.8 Å². The Morgan fingerprint density at radius 3 is 2.76 bits per heavy atom. The van der Waals surface area contributed by atoms with E-state index in [1.807, 2.05) is 6.92 Å². The summed E-state index contributed by atoms with van der Waals surface area (Å²) in [5, 5.41) is 2.53. The van der Waals surface area contributed by atoms with Gasteiger partial charge in [0, 0.05) is 24.7 Å². The average molecular weight is 415 g/mol. The van der Waals surface area contributed by atoms with Crippen LogP contribution in [0, 0.1) is 5.82 Å². The molecule has 2 amide bonds. The lowest BCUT2D eigenvalue weighted by atomic mass is 10.2. The number of hydrogen-bond donors (Lipinski definition) is 1. The zero-order valence-electron chi connectivity index (χ0n) is 15.6. The predicted molar refractivity (Wildman–Crippen MR) is 108 cm³/mol. The molecule has 0 unspecified atom stereocenters. The summed E-state index contributed by atoms with van der Waals surface area (Å²) < 4.78 is 23.7. The highest BCUT2D eigenvalue weighted by Crippen LogP contribution is 2.36. The lowest BCUT2D eigenvalue weighted by molar-refractivity contribution is -0.129. The zero-order chi connectivity index (χ0) is 20.4. The Morgan fingerprint density at radius 2 is 2.00 bits per heavy atom. The molecule has 1 N–H and O–H groups in total. The summed E-state index contributed by atoms with van der Waals surface area (Å²) in [4.78, 5) is 31.4. The summed E-state index contributed by atoms with van der Waals surface area (Å²) in [6.07, 6.45) is 0.0612. The van der Waals surface area contributed by atoms with Gasteiger partial charge in [0.2, 0.25) is 18.6 Å². The number of amidine groups is 1. The van der Waals surface area contributed by atoms with Crippen molar-refractivity contribution >= 4 is 40.1 Å². The number of hydrogen-bond acceptors (Lipinski definition) is 6. The number of aliphatic imine (C=N–C) groups is 1. The molecule has 7 nitrogen and oxygen atoms in total. The standard InChI is InChI=1S/C20H18FN3O4S/c1-2-24-18(25)10-17(19(26)22-13-5-3-12(21)4-6-13)29-20(24)23-14-7-8-15-16(9-14)28-11-27-15/h3-9,17H,2,10-11H2,1H3,(H,22,26)/t17-/m1/s1. The molecule has 2 aliphatic heterocycles. The minimum absolute atomic E-state index is 0.0612. The highest BCUT2D eigenvalue weighted by molar-refractivity contribution is 8.15. The molecule has 9 heteroatoms. The Kier molecular flexibility index (Phi) is 5.39. The Balaban J connectivity index is 1.55. The summed E-state index contributed by atoms with van der Waals surface area (Å²) in [6, 6.07) is 10.7. The quantitative estimate of drug-likeness (QED) is 0.826. The number of benzene rings is 2. The fourth-order valence-corrected chi connectivity index (χ4v) is 4.14. The van der Waals surface area contributed by atoms with Gasteiger partial charge in [0.15, 0.2) is 16.7 Å². The first-order valence-corrected chi connectivity index (χ1v) is 9.93. The molecule has 0 aliphatic carbocycles. The number of amides is 2. The molecule has 1 fully saturated rings. The lowest BCUT2D eigenvalue weighted by Crippen LogP contribution is -2.45. The maximum Gasteiger partial charge on any atom is 0.238 e. The van der Waals surface area contributed by atoms with Gasteiger partial charge in [-0.05, 0) is 43.3 Å². The number of carbonyl (C=O) groups excluding carboxylic acids is 2. The van der Waals surface area contributed by atoms with Crippen LogP contribution in [0.5, 0.6) is 11.5 Å². The number of rotatable bonds is 4. The van der Waals surface area contributed by atoms with Crippen LogP contribution < -0.4 is 14.8 Å². The summed E-state index contributed by atoms with van der Waals surface area (Å²) in [7, 11) is 0. The van der Waals surface area contributed by atoms with Crippen LogP contribution in [0.3, 0.4) is 0 Å². The van der Waals surface area contributed by atoms with E-state index >= 15 is 0 Å². The molecule has 4 rings (SSSR count). The SMILES string of the molecule is CCN1C(=O)C[C@H](C(=O)Nc2ccc(F)cc2)SC1=Nc1ccc2c(c1)OCO2. The highest BCUT2D eigenvalue weighted by Gasteiger charge is 2.35. The van der Waals surface area contributed by atoms with Gasteiger partial charge in [-0.15, -0.1) is 0 Å². The van der Waals surface area contributed by atoms with Crippen molar-refractivity contribution in [2.45, 2.75) is 18.6 Å². The molecule has 0 bridgehead atoms. The Bertz CT molecular complexity index is 980. The second-order valence-corrected chi connectivity index (χ2v) is 7.55. The normalized spacial score (nSPS) is 19.5. The van der Waals surface area contributed by atoms with E-state index in [0.29, 0.717) is 34.6 Å². The fourth-order valence-electron chi connectivity index (χ4n) is 2.97. The van der Waals surface area contributed by atoms with Crippen molar-refractivity contribution < 1.29 is 23.5 Å². The second kappa shape index (κ2) is 8.12. The molecular weight excluding hydrogens is 397 g/mol. The Hall–Kier alpha value is -3.07. The maximum absolute atomic E-state index is 13.1. The molecule has 29 heavy (non-hydrogen) atoms. The van der Waals surface area contributed by atoms with Gasteiger partial charge in [-0.2, -0.15) is 0 Å². The number of halogens is 1. The third kappa shape index (κ3) is 4.19. The van der Waals surface area contributed by atoms with E-state index in [4.69, 9.17) is 9.47 Å². The van der Waals surface area contributed by atoms with E-state index in [2.05, 4.69) is 10.3 Å². The molecule has 2 heterocycles. The summed E-state index contributed by atoms with van der Waals surface area (Å²) in [5.41, 5.74) is 1.07. The van der Waals surface area contributed by atoms with Gasteiger partial charge in [0.1, 0.15) is 11.1 Å². The van der Waals surface area contributed by atoms with Gasteiger partial charge < -0.3 is 14.8 Å². The zero-order valence-corrected chi connectivity index (χ0v) is 16.4. The average Bonchev–Trinajstić information content (AvgIpc) is 3.17. The van der Waals surface area contributed by atoms with Gasteiger partial charge in [-0.1, -0.05) is 11.8 Å². The Labute approximate surface area is 170 Å². The van der Waals surface area contributed by atoms with E-state index in [1.54, 1.807) is 23.1 Å². The second-order valence-electron chi connectivity index (χ2n) is 6.38. The summed E-state index contributed by atoms with van der Waals surface area (Å²) >= 11 is 1.22. The minimum Gasteiger partial charge on any atom is -0.454 e. The van der Waals surface area contributed by atoms with E-state index in [9.17, 15) is 14.0 Å².